The van der Waals surface area contributed by atoms with Gasteiger partial charge in [-0.05, 0) is 49.7 Å². The summed E-state index contributed by atoms with van der Waals surface area (Å²) < 4.78 is 0. The average molecular weight is 391 g/mol. The monoisotopic (exact) mass is 391 g/mol. The maximum Gasteiger partial charge on any atom is 0.336 e. The molecule has 0 radical (unpaired) electrons. The summed E-state index contributed by atoms with van der Waals surface area (Å²) in [5, 5.41) is 13.0. The third-order valence-electron chi connectivity index (χ3n) is 4.80. The molecule has 1 aromatic heterocycles. The highest BCUT2D eigenvalue weighted by Crippen LogP contribution is 2.26. The third-order valence-corrected chi connectivity index (χ3v) is 4.80. The molecule has 29 heavy (non-hydrogen) atoms. The summed E-state index contributed by atoms with van der Waals surface area (Å²) >= 11 is 0. The van der Waals surface area contributed by atoms with Crippen molar-refractivity contribution in [3.8, 4) is 0 Å². The number of anilines is 2. The quantitative estimate of drug-likeness (QED) is 0.608. The first kappa shape index (κ1) is 20.3. The van der Waals surface area contributed by atoms with Gasteiger partial charge in [0.2, 0.25) is 0 Å². The van der Waals surface area contributed by atoms with Crippen molar-refractivity contribution in [3.63, 3.8) is 0 Å². The van der Waals surface area contributed by atoms with Gasteiger partial charge in [-0.2, -0.15) is 0 Å². The first-order chi connectivity index (χ1) is 13.9. The molecule has 0 aliphatic carbocycles. The fraction of sp³-hybridized carbons (Fsp3) is 0.261. The van der Waals surface area contributed by atoms with Crippen LogP contribution in [0.15, 0.2) is 48.5 Å². The van der Waals surface area contributed by atoms with E-state index in [0.29, 0.717) is 28.0 Å². The van der Waals surface area contributed by atoms with Gasteiger partial charge in [-0.25, -0.2) is 9.78 Å². The molecule has 0 atom stereocenters. The van der Waals surface area contributed by atoms with Crippen LogP contribution in [-0.2, 0) is 0 Å². The number of carbonyl (C=O) groups is 2. The molecule has 0 aliphatic rings. The zero-order chi connectivity index (χ0) is 21.0. The molecule has 1 heterocycles. The van der Waals surface area contributed by atoms with Crippen LogP contribution in [0.4, 0.5) is 11.5 Å². The van der Waals surface area contributed by atoms with Crippen LogP contribution in [0.5, 0.6) is 0 Å². The van der Waals surface area contributed by atoms with Crippen molar-refractivity contribution in [1.82, 2.24) is 4.98 Å². The first-order valence-electron chi connectivity index (χ1n) is 9.66. The van der Waals surface area contributed by atoms with E-state index in [1.165, 1.54) is 0 Å². The van der Waals surface area contributed by atoms with Crippen molar-refractivity contribution in [1.29, 1.82) is 0 Å². The van der Waals surface area contributed by atoms with E-state index in [9.17, 15) is 14.7 Å². The molecule has 0 unspecified atom stereocenters. The van der Waals surface area contributed by atoms with Crippen molar-refractivity contribution in [2.24, 2.45) is 0 Å². The van der Waals surface area contributed by atoms with Crippen molar-refractivity contribution in [2.45, 2.75) is 26.7 Å². The zero-order valence-corrected chi connectivity index (χ0v) is 16.9. The van der Waals surface area contributed by atoms with Gasteiger partial charge < -0.3 is 15.3 Å². The minimum Gasteiger partial charge on any atom is -0.478 e. The molecule has 6 heteroatoms. The number of fused-ring (bicyclic) bond motifs is 1. The number of aromatic nitrogens is 1. The maximum atomic E-state index is 12.5. The second-order valence-corrected chi connectivity index (χ2v) is 7.16. The molecule has 2 aromatic carbocycles. The van der Waals surface area contributed by atoms with E-state index in [2.05, 4.69) is 17.2 Å². The summed E-state index contributed by atoms with van der Waals surface area (Å²) in [4.78, 5) is 30.9. The number of carboxylic acids is 1. The molecule has 0 saturated carbocycles. The number of carbonyl (C=O) groups excluding carboxylic acids is 1. The Kier molecular flexibility index (Phi) is 6.12. The van der Waals surface area contributed by atoms with Crippen molar-refractivity contribution >= 4 is 34.3 Å². The Hall–Kier alpha value is -3.41. The van der Waals surface area contributed by atoms with E-state index >= 15 is 0 Å². The number of benzene rings is 2. The van der Waals surface area contributed by atoms with Crippen LogP contribution in [0, 0.1) is 6.92 Å². The number of nitrogens with zero attached hydrogens (tertiary/aromatic N) is 2. The van der Waals surface area contributed by atoms with Gasteiger partial charge in [0.1, 0.15) is 5.82 Å². The fourth-order valence-corrected chi connectivity index (χ4v) is 3.16. The van der Waals surface area contributed by atoms with E-state index < -0.39 is 5.97 Å². The van der Waals surface area contributed by atoms with Gasteiger partial charge in [0, 0.05) is 30.2 Å². The number of carboxylic acid groups (broad SMARTS) is 1. The smallest absolute Gasteiger partial charge is 0.336 e. The van der Waals surface area contributed by atoms with Gasteiger partial charge in [0.15, 0.2) is 0 Å². The summed E-state index contributed by atoms with van der Waals surface area (Å²) in [5.74, 6) is -0.640. The van der Waals surface area contributed by atoms with Crippen LogP contribution in [-0.4, -0.2) is 35.6 Å². The van der Waals surface area contributed by atoms with Crippen LogP contribution in [0.3, 0.4) is 0 Å². The SMILES string of the molecule is CCCCN(C)c1cc(C(=O)O)c2cc(NC(=O)c3cccc(C)c3)ccc2n1. The summed E-state index contributed by atoms with van der Waals surface area (Å²) in [7, 11) is 1.91. The van der Waals surface area contributed by atoms with Crippen LogP contribution >= 0.6 is 0 Å². The summed E-state index contributed by atoms with van der Waals surface area (Å²) in [6, 6.07) is 14.0. The normalized spacial score (nSPS) is 10.7. The highest BCUT2D eigenvalue weighted by Gasteiger charge is 2.15. The lowest BCUT2D eigenvalue weighted by molar-refractivity contribution is 0.0698. The Morgan fingerprint density at radius 2 is 1.93 bits per heavy atom. The van der Waals surface area contributed by atoms with Crippen LogP contribution in [0.1, 0.15) is 46.0 Å². The van der Waals surface area contributed by atoms with E-state index in [-0.39, 0.29) is 11.5 Å². The molecule has 0 fully saturated rings. The van der Waals surface area contributed by atoms with Crippen molar-refractivity contribution in [3.05, 3.63) is 65.2 Å². The standard InChI is InChI=1S/C23H25N3O3/c1-4-5-11-26(3)21-14-19(23(28)29)18-13-17(9-10-20(18)25-21)24-22(27)16-8-6-7-15(2)12-16/h6-10,12-14H,4-5,11H2,1-3H3,(H,24,27)(H,28,29). The van der Waals surface area contributed by atoms with E-state index in [0.717, 1.165) is 24.9 Å². The molecule has 1 amide bonds. The van der Waals surface area contributed by atoms with Crippen molar-refractivity contribution < 1.29 is 14.7 Å². The zero-order valence-electron chi connectivity index (χ0n) is 16.9. The molecule has 2 N–H and O–H groups in total. The molecule has 0 saturated heterocycles. The van der Waals surface area contributed by atoms with Crippen molar-refractivity contribution in [2.75, 3.05) is 23.8 Å². The van der Waals surface area contributed by atoms with Crippen LogP contribution < -0.4 is 10.2 Å². The highest BCUT2D eigenvalue weighted by molar-refractivity contribution is 6.08. The van der Waals surface area contributed by atoms with Gasteiger partial charge in [-0.3, -0.25) is 4.79 Å². The number of nitrogens with one attached hydrogen (secondary N) is 1. The van der Waals surface area contributed by atoms with Gasteiger partial charge in [0.25, 0.3) is 5.91 Å². The Balaban J connectivity index is 1.95. The second-order valence-electron chi connectivity index (χ2n) is 7.16. The van der Waals surface area contributed by atoms with Gasteiger partial charge in [-0.15, -0.1) is 0 Å². The van der Waals surface area contributed by atoms with E-state index in [4.69, 9.17) is 0 Å². The summed E-state index contributed by atoms with van der Waals surface area (Å²) in [5.41, 5.74) is 2.82. The Bertz CT molecular complexity index is 1060. The predicted octanol–water partition coefficient (Wildman–Crippen LogP) is 4.73. The first-order valence-corrected chi connectivity index (χ1v) is 9.66. The second kappa shape index (κ2) is 8.73. The third kappa shape index (κ3) is 4.71. The number of unbranched alkanes of at least 4 members (excludes halogenated alkanes) is 1. The summed E-state index contributed by atoms with van der Waals surface area (Å²) in [6.07, 6.45) is 2.05. The minimum absolute atomic E-state index is 0.167. The highest BCUT2D eigenvalue weighted by atomic mass is 16.4. The number of aromatic carboxylic acids is 1. The molecular formula is C23H25N3O3. The lowest BCUT2D eigenvalue weighted by Gasteiger charge is -2.19. The van der Waals surface area contributed by atoms with Crippen LogP contribution in [0.2, 0.25) is 0 Å². The number of aryl methyl sites for hydroxylation is 1. The molecule has 0 spiro atoms. The van der Waals surface area contributed by atoms with E-state index in [1.54, 1.807) is 36.4 Å². The number of hydrogen-bond donors (Lipinski definition) is 2. The largest absolute Gasteiger partial charge is 0.478 e. The maximum absolute atomic E-state index is 12.5. The number of pyridine rings is 1. The number of hydrogen-bond acceptors (Lipinski definition) is 4. The topological polar surface area (TPSA) is 82.5 Å². The lowest BCUT2D eigenvalue weighted by Crippen LogP contribution is -2.20. The average Bonchev–Trinajstić information content (AvgIpc) is 2.71. The Morgan fingerprint density at radius 1 is 1.14 bits per heavy atom. The lowest BCUT2D eigenvalue weighted by atomic mass is 10.1. The van der Waals surface area contributed by atoms with Gasteiger partial charge in [-0.1, -0.05) is 31.0 Å². The summed E-state index contributed by atoms with van der Waals surface area (Å²) in [6.45, 7) is 4.84. The molecule has 3 rings (SSSR count). The van der Waals surface area contributed by atoms with Gasteiger partial charge in [0.05, 0.1) is 11.1 Å². The molecule has 3 aromatic rings. The van der Waals surface area contributed by atoms with E-state index in [1.807, 2.05) is 31.0 Å². The molecule has 0 aliphatic heterocycles. The predicted molar refractivity (Wildman–Crippen MR) is 116 cm³/mol. The Morgan fingerprint density at radius 3 is 2.62 bits per heavy atom. The molecule has 150 valence electrons. The number of amides is 1. The Labute approximate surface area is 170 Å². The molecular weight excluding hydrogens is 366 g/mol. The molecule has 6 nitrogen and oxygen atoms in total. The number of rotatable bonds is 7. The van der Waals surface area contributed by atoms with Crippen LogP contribution in [0.25, 0.3) is 10.9 Å². The molecule has 0 bridgehead atoms. The van der Waals surface area contributed by atoms with Gasteiger partial charge >= 0.3 is 5.97 Å². The minimum atomic E-state index is -1.02. The fourth-order valence-electron chi connectivity index (χ4n) is 3.16.